The number of anilines is 1. The number of amides is 2. The van der Waals surface area contributed by atoms with Gasteiger partial charge in [-0.2, -0.15) is 0 Å². The Bertz CT molecular complexity index is 935. The van der Waals surface area contributed by atoms with Crippen LogP contribution in [0.15, 0.2) is 66.7 Å². The van der Waals surface area contributed by atoms with Crippen LogP contribution in [0.1, 0.15) is 23.7 Å². The molecule has 0 bridgehead atoms. The molecule has 3 N–H and O–H groups in total. The van der Waals surface area contributed by atoms with Crippen molar-refractivity contribution in [2.75, 3.05) is 5.32 Å². The highest BCUT2D eigenvalue weighted by molar-refractivity contribution is 5.96. The zero-order valence-electron chi connectivity index (χ0n) is 14.4. The van der Waals surface area contributed by atoms with Crippen LogP contribution in [0.2, 0.25) is 0 Å². The third-order valence-electron chi connectivity index (χ3n) is 4.10. The van der Waals surface area contributed by atoms with Gasteiger partial charge in [-0.15, -0.1) is 0 Å². The summed E-state index contributed by atoms with van der Waals surface area (Å²) >= 11 is 0. The SMILES string of the molecule is CC[C@H](Oc1ccc2ccccc2c1)C(=O)Nc1ccc(C(N)=O)cc1. The quantitative estimate of drug-likeness (QED) is 0.712. The lowest BCUT2D eigenvalue weighted by molar-refractivity contribution is -0.122. The highest BCUT2D eigenvalue weighted by Crippen LogP contribution is 2.22. The average Bonchev–Trinajstić information content (AvgIpc) is 2.66. The van der Waals surface area contributed by atoms with E-state index in [1.807, 2.05) is 49.4 Å². The fourth-order valence-corrected chi connectivity index (χ4v) is 2.67. The summed E-state index contributed by atoms with van der Waals surface area (Å²) in [4.78, 5) is 23.6. The van der Waals surface area contributed by atoms with Crippen LogP contribution < -0.4 is 15.8 Å². The number of hydrogen-bond donors (Lipinski definition) is 2. The standard InChI is InChI=1S/C21H20N2O3/c1-2-19(21(25)23-17-10-7-15(8-11-17)20(22)24)26-18-12-9-14-5-3-4-6-16(14)13-18/h3-13,19H,2H2,1H3,(H2,22,24)(H,23,25)/t19-/m0/s1. The van der Waals surface area contributed by atoms with E-state index >= 15 is 0 Å². The molecule has 0 radical (unpaired) electrons. The average molecular weight is 348 g/mol. The van der Waals surface area contributed by atoms with Crippen molar-refractivity contribution in [2.45, 2.75) is 19.4 Å². The molecule has 0 aliphatic rings. The summed E-state index contributed by atoms with van der Waals surface area (Å²) in [6.07, 6.45) is -0.0927. The summed E-state index contributed by atoms with van der Waals surface area (Å²) in [5.74, 6) is -0.101. The zero-order chi connectivity index (χ0) is 18.5. The summed E-state index contributed by atoms with van der Waals surface area (Å²) in [7, 11) is 0. The van der Waals surface area contributed by atoms with E-state index in [2.05, 4.69) is 5.32 Å². The molecule has 2 amide bonds. The molecule has 5 nitrogen and oxygen atoms in total. The highest BCUT2D eigenvalue weighted by atomic mass is 16.5. The Balaban J connectivity index is 1.70. The molecule has 0 saturated carbocycles. The third-order valence-corrected chi connectivity index (χ3v) is 4.10. The second-order valence-electron chi connectivity index (χ2n) is 5.95. The number of primary amides is 1. The minimum Gasteiger partial charge on any atom is -0.481 e. The predicted octanol–water partition coefficient (Wildman–Crippen LogP) is 3.73. The Morgan fingerprint density at radius 2 is 1.69 bits per heavy atom. The fourth-order valence-electron chi connectivity index (χ4n) is 2.67. The van der Waals surface area contributed by atoms with Crippen LogP contribution in [0.3, 0.4) is 0 Å². The number of fused-ring (bicyclic) bond motifs is 1. The van der Waals surface area contributed by atoms with Gasteiger partial charge < -0.3 is 15.8 Å². The first-order valence-corrected chi connectivity index (χ1v) is 8.43. The largest absolute Gasteiger partial charge is 0.481 e. The van der Waals surface area contributed by atoms with Gasteiger partial charge in [-0.25, -0.2) is 0 Å². The van der Waals surface area contributed by atoms with Crippen molar-refractivity contribution in [3.63, 3.8) is 0 Å². The van der Waals surface area contributed by atoms with Gasteiger partial charge in [-0.05, 0) is 53.6 Å². The third kappa shape index (κ3) is 4.00. The van der Waals surface area contributed by atoms with E-state index < -0.39 is 12.0 Å². The minimum atomic E-state index is -0.619. The van der Waals surface area contributed by atoms with Gasteiger partial charge in [0.2, 0.25) is 5.91 Å². The van der Waals surface area contributed by atoms with E-state index in [0.717, 1.165) is 10.8 Å². The first-order chi connectivity index (χ1) is 12.6. The smallest absolute Gasteiger partial charge is 0.265 e. The van der Waals surface area contributed by atoms with Gasteiger partial charge in [-0.1, -0.05) is 37.3 Å². The fraction of sp³-hybridized carbons (Fsp3) is 0.143. The molecule has 0 unspecified atom stereocenters. The minimum absolute atomic E-state index is 0.243. The molecular weight excluding hydrogens is 328 g/mol. The van der Waals surface area contributed by atoms with Crippen molar-refractivity contribution < 1.29 is 14.3 Å². The van der Waals surface area contributed by atoms with Crippen LogP contribution in [0.5, 0.6) is 5.75 Å². The van der Waals surface area contributed by atoms with Crippen LogP contribution in [0.4, 0.5) is 5.69 Å². The summed E-state index contributed by atoms with van der Waals surface area (Å²) < 4.78 is 5.88. The van der Waals surface area contributed by atoms with Crippen LogP contribution in [0.25, 0.3) is 10.8 Å². The summed E-state index contributed by atoms with van der Waals surface area (Å²) in [6.45, 7) is 1.89. The van der Waals surface area contributed by atoms with Crippen molar-refractivity contribution >= 4 is 28.3 Å². The van der Waals surface area contributed by atoms with Crippen LogP contribution >= 0.6 is 0 Å². The predicted molar refractivity (Wildman–Crippen MR) is 102 cm³/mol. The maximum absolute atomic E-state index is 12.5. The first-order valence-electron chi connectivity index (χ1n) is 8.43. The van der Waals surface area contributed by atoms with Crippen LogP contribution in [0, 0.1) is 0 Å². The molecular formula is C21H20N2O3. The number of hydrogen-bond acceptors (Lipinski definition) is 3. The maximum Gasteiger partial charge on any atom is 0.265 e. The second-order valence-corrected chi connectivity index (χ2v) is 5.95. The lowest BCUT2D eigenvalue weighted by Crippen LogP contribution is -2.32. The molecule has 3 aromatic rings. The lowest BCUT2D eigenvalue weighted by Gasteiger charge is -2.17. The van der Waals surface area contributed by atoms with Gasteiger partial charge in [0.15, 0.2) is 6.10 Å². The van der Waals surface area contributed by atoms with Crippen molar-refractivity contribution in [2.24, 2.45) is 5.73 Å². The molecule has 0 aliphatic heterocycles. The Kier molecular flexibility index (Phi) is 5.17. The van der Waals surface area contributed by atoms with Gasteiger partial charge in [0.05, 0.1) is 0 Å². The van der Waals surface area contributed by atoms with Gasteiger partial charge >= 0.3 is 0 Å². The molecule has 1 atom stereocenters. The molecule has 0 spiro atoms. The Morgan fingerprint density at radius 1 is 1.00 bits per heavy atom. The molecule has 0 aromatic heterocycles. The number of carbonyl (C=O) groups excluding carboxylic acids is 2. The molecule has 26 heavy (non-hydrogen) atoms. The highest BCUT2D eigenvalue weighted by Gasteiger charge is 2.18. The van der Waals surface area contributed by atoms with Gasteiger partial charge in [0.25, 0.3) is 5.91 Å². The van der Waals surface area contributed by atoms with Gasteiger partial charge in [-0.3, -0.25) is 9.59 Å². The van der Waals surface area contributed by atoms with Gasteiger partial charge in [0.1, 0.15) is 5.75 Å². The lowest BCUT2D eigenvalue weighted by atomic mass is 10.1. The molecule has 3 rings (SSSR count). The van der Waals surface area contributed by atoms with Crippen LogP contribution in [-0.4, -0.2) is 17.9 Å². The molecule has 0 heterocycles. The number of benzene rings is 3. The molecule has 0 saturated heterocycles. The van der Waals surface area contributed by atoms with Crippen molar-refractivity contribution in [1.29, 1.82) is 0 Å². The summed E-state index contributed by atoms with van der Waals surface area (Å²) in [5, 5.41) is 4.98. The van der Waals surface area contributed by atoms with Crippen molar-refractivity contribution in [3.8, 4) is 5.75 Å². The molecule has 0 aliphatic carbocycles. The molecule has 5 heteroatoms. The van der Waals surface area contributed by atoms with E-state index in [0.29, 0.717) is 23.4 Å². The first kappa shape index (κ1) is 17.5. The van der Waals surface area contributed by atoms with E-state index in [9.17, 15) is 9.59 Å². The molecule has 132 valence electrons. The monoisotopic (exact) mass is 348 g/mol. The summed E-state index contributed by atoms with van der Waals surface area (Å²) in [5.41, 5.74) is 6.19. The van der Waals surface area contributed by atoms with E-state index in [-0.39, 0.29) is 5.91 Å². The Labute approximate surface area is 151 Å². The normalized spacial score (nSPS) is 11.7. The number of ether oxygens (including phenoxy) is 1. The van der Waals surface area contributed by atoms with E-state index in [4.69, 9.17) is 10.5 Å². The Hall–Kier alpha value is -3.34. The van der Waals surface area contributed by atoms with Gasteiger partial charge in [0, 0.05) is 11.3 Å². The number of rotatable bonds is 6. The zero-order valence-corrected chi connectivity index (χ0v) is 14.4. The number of nitrogens with two attached hydrogens (primary N) is 1. The topological polar surface area (TPSA) is 81.4 Å². The van der Waals surface area contributed by atoms with Crippen molar-refractivity contribution in [1.82, 2.24) is 0 Å². The second kappa shape index (κ2) is 7.70. The van der Waals surface area contributed by atoms with E-state index in [1.165, 1.54) is 0 Å². The molecule has 0 fully saturated rings. The number of nitrogens with one attached hydrogen (secondary N) is 1. The van der Waals surface area contributed by atoms with E-state index in [1.54, 1.807) is 24.3 Å². The molecule has 3 aromatic carbocycles. The Morgan fingerprint density at radius 3 is 2.35 bits per heavy atom. The van der Waals surface area contributed by atoms with Crippen molar-refractivity contribution in [3.05, 3.63) is 72.3 Å². The number of carbonyl (C=O) groups is 2. The summed E-state index contributed by atoms with van der Waals surface area (Å²) in [6, 6.07) is 20.2. The van der Waals surface area contributed by atoms with Crippen LogP contribution in [-0.2, 0) is 4.79 Å². The maximum atomic E-state index is 12.5.